The van der Waals surface area contributed by atoms with E-state index < -0.39 is 0 Å². The maximum atomic E-state index is 12.5. The molecule has 2 aromatic rings. The van der Waals surface area contributed by atoms with Crippen LogP contribution in [-0.2, 0) is 6.54 Å². The third-order valence-corrected chi connectivity index (χ3v) is 3.51. The van der Waals surface area contributed by atoms with Gasteiger partial charge in [-0.1, -0.05) is 24.3 Å². The number of nitrogens with zero attached hydrogens (tertiary/aromatic N) is 1. The Bertz CT molecular complexity index is 625. The van der Waals surface area contributed by atoms with Crippen molar-refractivity contribution in [2.45, 2.75) is 13.5 Å². The normalized spacial score (nSPS) is 10.1. The first kappa shape index (κ1) is 15.9. The number of amides is 1. The number of carbonyl (C=O) groups is 1. The van der Waals surface area contributed by atoms with E-state index in [-0.39, 0.29) is 5.91 Å². The fraction of sp³-hybridized carbons (Fsp3) is 0.278. The van der Waals surface area contributed by atoms with E-state index >= 15 is 0 Å². The SMILES string of the molecule is CCN(Cc1ccc(OC)c(OC)c1)C(=O)c1ccccc1. The molecule has 0 radical (unpaired) electrons. The molecule has 0 heterocycles. The summed E-state index contributed by atoms with van der Waals surface area (Å²) in [6, 6.07) is 15.0. The lowest BCUT2D eigenvalue weighted by atomic mass is 10.1. The Labute approximate surface area is 131 Å². The van der Waals surface area contributed by atoms with E-state index in [1.807, 2.05) is 55.5 Å². The van der Waals surface area contributed by atoms with E-state index in [9.17, 15) is 4.79 Å². The van der Waals surface area contributed by atoms with E-state index in [2.05, 4.69) is 0 Å². The zero-order chi connectivity index (χ0) is 15.9. The molecule has 0 fully saturated rings. The van der Waals surface area contributed by atoms with Crippen LogP contribution in [-0.4, -0.2) is 31.6 Å². The Hall–Kier alpha value is -2.49. The van der Waals surface area contributed by atoms with E-state index in [4.69, 9.17) is 9.47 Å². The minimum atomic E-state index is 0.0258. The lowest BCUT2D eigenvalue weighted by Crippen LogP contribution is -2.30. The summed E-state index contributed by atoms with van der Waals surface area (Å²) in [6.45, 7) is 3.15. The Balaban J connectivity index is 2.18. The summed E-state index contributed by atoms with van der Waals surface area (Å²) in [6.07, 6.45) is 0. The fourth-order valence-corrected chi connectivity index (χ4v) is 2.29. The molecule has 0 atom stereocenters. The van der Waals surface area contributed by atoms with Crippen molar-refractivity contribution in [3.05, 3.63) is 59.7 Å². The van der Waals surface area contributed by atoms with Crippen LogP contribution in [0.15, 0.2) is 48.5 Å². The molecule has 0 aliphatic heterocycles. The second-order valence-corrected chi connectivity index (χ2v) is 4.87. The van der Waals surface area contributed by atoms with Gasteiger partial charge in [-0.25, -0.2) is 0 Å². The van der Waals surface area contributed by atoms with Gasteiger partial charge in [0.05, 0.1) is 14.2 Å². The van der Waals surface area contributed by atoms with Gasteiger partial charge in [-0.05, 0) is 36.8 Å². The molecule has 0 spiro atoms. The van der Waals surface area contributed by atoms with Crippen molar-refractivity contribution in [1.82, 2.24) is 4.90 Å². The van der Waals surface area contributed by atoms with Gasteiger partial charge in [0.1, 0.15) is 0 Å². The van der Waals surface area contributed by atoms with Crippen molar-refractivity contribution in [3.8, 4) is 11.5 Å². The second-order valence-electron chi connectivity index (χ2n) is 4.87. The first-order valence-corrected chi connectivity index (χ1v) is 7.24. The van der Waals surface area contributed by atoms with Crippen LogP contribution in [0.4, 0.5) is 0 Å². The third kappa shape index (κ3) is 3.58. The highest BCUT2D eigenvalue weighted by atomic mass is 16.5. The summed E-state index contributed by atoms with van der Waals surface area (Å²) < 4.78 is 10.5. The molecule has 0 aliphatic carbocycles. The van der Waals surface area contributed by atoms with Gasteiger partial charge in [-0.2, -0.15) is 0 Å². The van der Waals surface area contributed by atoms with Gasteiger partial charge in [0.25, 0.3) is 5.91 Å². The van der Waals surface area contributed by atoms with Crippen LogP contribution in [0.25, 0.3) is 0 Å². The van der Waals surface area contributed by atoms with Gasteiger partial charge >= 0.3 is 0 Å². The van der Waals surface area contributed by atoms with Gasteiger partial charge < -0.3 is 14.4 Å². The molecular weight excluding hydrogens is 278 g/mol. The van der Waals surface area contributed by atoms with Gasteiger partial charge in [0, 0.05) is 18.7 Å². The average molecular weight is 299 g/mol. The first-order valence-electron chi connectivity index (χ1n) is 7.24. The van der Waals surface area contributed by atoms with Crippen LogP contribution in [0.2, 0.25) is 0 Å². The molecule has 2 rings (SSSR count). The smallest absolute Gasteiger partial charge is 0.254 e. The van der Waals surface area contributed by atoms with Gasteiger partial charge in [0.15, 0.2) is 11.5 Å². The Morgan fingerprint density at radius 1 is 1.00 bits per heavy atom. The average Bonchev–Trinajstić information content (AvgIpc) is 2.59. The molecule has 0 bridgehead atoms. The maximum Gasteiger partial charge on any atom is 0.254 e. The van der Waals surface area contributed by atoms with Gasteiger partial charge in [0.2, 0.25) is 0 Å². The molecule has 116 valence electrons. The molecule has 4 heteroatoms. The van der Waals surface area contributed by atoms with E-state index in [0.29, 0.717) is 30.2 Å². The Morgan fingerprint density at radius 2 is 1.68 bits per heavy atom. The molecule has 22 heavy (non-hydrogen) atoms. The van der Waals surface area contributed by atoms with Crippen LogP contribution in [0.3, 0.4) is 0 Å². The summed E-state index contributed by atoms with van der Waals surface area (Å²) in [5, 5.41) is 0. The van der Waals surface area contributed by atoms with Crippen LogP contribution in [0, 0.1) is 0 Å². The lowest BCUT2D eigenvalue weighted by molar-refractivity contribution is 0.0752. The van der Waals surface area contributed by atoms with Crippen LogP contribution in [0.5, 0.6) is 11.5 Å². The highest BCUT2D eigenvalue weighted by molar-refractivity contribution is 5.94. The van der Waals surface area contributed by atoms with Crippen molar-refractivity contribution >= 4 is 5.91 Å². The molecule has 0 unspecified atom stereocenters. The number of carbonyl (C=O) groups excluding carboxylic acids is 1. The molecule has 1 amide bonds. The van der Waals surface area contributed by atoms with Crippen LogP contribution in [0.1, 0.15) is 22.8 Å². The number of methoxy groups -OCH3 is 2. The fourth-order valence-electron chi connectivity index (χ4n) is 2.29. The molecule has 0 aliphatic rings. The highest BCUT2D eigenvalue weighted by Gasteiger charge is 2.15. The van der Waals surface area contributed by atoms with Gasteiger partial charge in [-0.3, -0.25) is 4.79 Å². The van der Waals surface area contributed by atoms with Crippen molar-refractivity contribution < 1.29 is 14.3 Å². The number of ether oxygens (including phenoxy) is 2. The first-order chi connectivity index (χ1) is 10.7. The van der Waals surface area contributed by atoms with Crippen LogP contribution < -0.4 is 9.47 Å². The number of hydrogen-bond donors (Lipinski definition) is 0. The molecule has 0 N–H and O–H groups in total. The minimum Gasteiger partial charge on any atom is -0.493 e. The molecule has 0 aromatic heterocycles. The lowest BCUT2D eigenvalue weighted by Gasteiger charge is -2.21. The predicted octanol–water partition coefficient (Wildman–Crippen LogP) is 3.37. The summed E-state index contributed by atoms with van der Waals surface area (Å²) >= 11 is 0. The summed E-state index contributed by atoms with van der Waals surface area (Å²) in [5.74, 6) is 1.38. The summed E-state index contributed by atoms with van der Waals surface area (Å²) in [4.78, 5) is 14.3. The van der Waals surface area contributed by atoms with E-state index in [1.54, 1.807) is 19.1 Å². The van der Waals surface area contributed by atoms with Crippen molar-refractivity contribution in [3.63, 3.8) is 0 Å². The zero-order valence-corrected chi connectivity index (χ0v) is 13.2. The maximum absolute atomic E-state index is 12.5. The molecule has 0 saturated carbocycles. The van der Waals surface area contributed by atoms with Crippen molar-refractivity contribution in [2.75, 3.05) is 20.8 Å². The molecular formula is C18H21NO3. The zero-order valence-electron chi connectivity index (χ0n) is 13.2. The second kappa shape index (κ2) is 7.50. The van der Waals surface area contributed by atoms with Gasteiger partial charge in [-0.15, -0.1) is 0 Å². The number of benzene rings is 2. The number of rotatable bonds is 6. The quantitative estimate of drug-likeness (QED) is 0.821. The predicted molar refractivity (Wildman–Crippen MR) is 86.4 cm³/mol. The van der Waals surface area contributed by atoms with Crippen molar-refractivity contribution in [1.29, 1.82) is 0 Å². The summed E-state index contributed by atoms with van der Waals surface area (Å²) in [5.41, 5.74) is 1.70. The monoisotopic (exact) mass is 299 g/mol. The standard InChI is InChI=1S/C18H21NO3/c1-4-19(18(20)15-8-6-5-7-9-15)13-14-10-11-16(21-2)17(12-14)22-3/h5-12H,4,13H2,1-3H3. The summed E-state index contributed by atoms with van der Waals surface area (Å²) in [7, 11) is 3.21. The number of hydrogen-bond acceptors (Lipinski definition) is 3. The topological polar surface area (TPSA) is 38.8 Å². The Kier molecular flexibility index (Phi) is 5.42. The highest BCUT2D eigenvalue weighted by Crippen LogP contribution is 2.28. The van der Waals surface area contributed by atoms with Crippen LogP contribution >= 0.6 is 0 Å². The minimum absolute atomic E-state index is 0.0258. The Morgan fingerprint density at radius 3 is 2.27 bits per heavy atom. The van der Waals surface area contributed by atoms with E-state index in [0.717, 1.165) is 5.56 Å². The molecule has 2 aromatic carbocycles. The largest absolute Gasteiger partial charge is 0.493 e. The van der Waals surface area contributed by atoms with Crippen molar-refractivity contribution in [2.24, 2.45) is 0 Å². The third-order valence-electron chi connectivity index (χ3n) is 3.51. The van der Waals surface area contributed by atoms with E-state index in [1.165, 1.54) is 0 Å². The molecule has 4 nitrogen and oxygen atoms in total. The molecule has 0 saturated heterocycles.